The summed E-state index contributed by atoms with van der Waals surface area (Å²) in [6, 6.07) is 5.19. The molecule has 1 unspecified atom stereocenters. The lowest BCUT2D eigenvalue weighted by molar-refractivity contribution is 0.378. The van der Waals surface area contributed by atoms with Crippen LogP contribution in [0.2, 0.25) is 0 Å². The topological polar surface area (TPSA) is 73.3 Å². The molecule has 0 spiro atoms. The van der Waals surface area contributed by atoms with Crippen LogP contribution in [0.15, 0.2) is 39.5 Å². The predicted octanol–water partition coefficient (Wildman–Crippen LogP) is 2.00. The highest BCUT2D eigenvalue weighted by molar-refractivity contribution is 9.10. The number of hydrogen-bond acceptors (Lipinski definition) is 5. The number of ether oxygens (including phenoxy) is 1. The van der Waals surface area contributed by atoms with E-state index < -0.39 is 0 Å². The Hall–Kier alpha value is -1.37. The largest absolute Gasteiger partial charge is 0.481 e. The fourth-order valence-electron chi connectivity index (χ4n) is 1.61. The van der Waals surface area contributed by atoms with Crippen LogP contribution in [0.25, 0.3) is 0 Å². The second kappa shape index (κ2) is 5.31. The monoisotopic (exact) mass is 297 g/mol. The Labute approximate surface area is 107 Å². The molecule has 5 nitrogen and oxygen atoms in total. The van der Waals surface area contributed by atoms with Crippen LogP contribution in [0.4, 0.5) is 0 Å². The van der Waals surface area contributed by atoms with Crippen LogP contribution in [0.3, 0.4) is 0 Å². The molecule has 17 heavy (non-hydrogen) atoms. The van der Waals surface area contributed by atoms with Crippen molar-refractivity contribution in [3.05, 3.63) is 46.5 Å². The normalized spacial score (nSPS) is 12.4. The molecular weight excluding hydrogens is 286 g/mol. The Morgan fingerprint density at radius 3 is 2.94 bits per heavy atom. The number of pyridine rings is 1. The summed E-state index contributed by atoms with van der Waals surface area (Å²) in [5.41, 5.74) is 3.51. The highest BCUT2D eigenvalue weighted by Crippen LogP contribution is 2.32. The first-order valence-electron chi connectivity index (χ1n) is 4.96. The van der Waals surface area contributed by atoms with Crippen LogP contribution < -0.4 is 16.0 Å². The molecule has 0 aliphatic rings. The second-order valence-electron chi connectivity index (χ2n) is 3.33. The van der Waals surface area contributed by atoms with Crippen molar-refractivity contribution in [2.24, 2.45) is 5.84 Å². The van der Waals surface area contributed by atoms with Crippen molar-refractivity contribution in [3.63, 3.8) is 0 Å². The van der Waals surface area contributed by atoms with Gasteiger partial charge in [0.1, 0.15) is 11.8 Å². The van der Waals surface area contributed by atoms with Crippen LogP contribution in [-0.4, -0.2) is 12.1 Å². The first kappa shape index (κ1) is 12.1. The summed E-state index contributed by atoms with van der Waals surface area (Å²) in [5, 5.41) is 0. The number of halogens is 1. The molecule has 0 radical (unpaired) electrons. The van der Waals surface area contributed by atoms with Crippen molar-refractivity contribution in [2.45, 2.75) is 6.04 Å². The van der Waals surface area contributed by atoms with E-state index in [-0.39, 0.29) is 6.04 Å². The predicted molar refractivity (Wildman–Crippen MR) is 66.4 cm³/mol. The lowest BCUT2D eigenvalue weighted by atomic mass is 10.1. The van der Waals surface area contributed by atoms with Gasteiger partial charge in [0.05, 0.1) is 17.8 Å². The maximum absolute atomic E-state index is 5.57. The minimum Gasteiger partial charge on any atom is -0.481 e. The van der Waals surface area contributed by atoms with Gasteiger partial charge in [0.2, 0.25) is 5.88 Å². The van der Waals surface area contributed by atoms with Gasteiger partial charge in [0.25, 0.3) is 0 Å². The lowest BCUT2D eigenvalue weighted by Gasteiger charge is -2.16. The highest BCUT2D eigenvalue weighted by atomic mass is 79.9. The molecule has 0 saturated carbocycles. The Morgan fingerprint density at radius 1 is 1.53 bits per heavy atom. The Morgan fingerprint density at radius 2 is 2.35 bits per heavy atom. The van der Waals surface area contributed by atoms with Crippen LogP contribution >= 0.6 is 15.9 Å². The number of nitrogens with two attached hydrogens (primary N) is 1. The van der Waals surface area contributed by atoms with Crippen LogP contribution in [0.5, 0.6) is 5.88 Å². The molecule has 0 saturated heterocycles. The van der Waals surface area contributed by atoms with Gasteiger partial charge in [-0.1, -0.05) is 0 Å². The number of nitrogens with zero attached hydrogens (tertiary/aromatic N) is 1. The van der Waals surface area contributed by atoms with Crippen LogP contribution in [0.1, 0.15) is 17.4 Å². The second-order valence-corrected chi connectivity index (χ2v) is 4.19. The van der Waals surface area contributed by atoms with Crippen molar-refractivity contribution in [3.8, 4) is 5.88 Å². The van der Waals surface area contributed by atoms with Crippen molar-refractivity contribution < 1.29 is 9.15 Å². The van der Waals surface area contributed by atoms with Gasteiger partial charge in [-0.15, -0.1) is 0 Å². The molecule has 6 heteroatoms. The number of furan rings is 1. The molecule has 2 aromatic rings. The minimum absolute atomic E-state index is 0.317. The summed E-state index contributed by atoms with van der Waals surface area (Å²) in [4.78, 5) is 4.13. The first-order chi connectivity index (χ1) is 8.27. The minimum atomic E-state index is -0.317. The van der Waals surface area contributed by atoms with E-state index in [2.05, 4.69) is 26.3 Å². The molecule has 0 amide bonds. The molecule has 2 aromatic heterocycles. The van der Waals surface area contributed by atoms with Crippen molar-refractivity contribution in [1.29, 1.82) is 0 Å². The van der Waals surface area contributed by atoms with E-state index in [1.165, 1.54) is 0 Å². The summed E-state index contributed by atoms with van der Waals surface area (Å²) in [6.07, 6.45) is 3.25. The van der Waals surface area contributed by atoms with Gasteiger partial charge in [-0.05, 0) is 34.1 Å². The van der Waals surface area contributed by atoms with Crippen molar-refractivity contribution >= 4 is 15.9 Å². The van der Waals surface area contributed by atoms with Gasteiger partial charge < -0.3 is 9.15 Å². The molecule has 0 aromatic carbocycles. The zero-order chi connectivity index (χ0) is 12.3. The third kappa shape index (κ3) is 2.33. The average Bonchev–Trinajstić information content (AvgIpc) is 2.78. The Balaban J connectivity index is 2.46. The van der Waals surface area contributed by atoms with Gasteiger partial charge in [-0.25, -0.2) is 10.4 Å². The number of hydrogen-bond donors (Lipinski definition) is 2. The fourth-order valence-corrected chi connectivity index (χ4v) is 2.04. The molecule has 0 bridgehead atoms. The first-order valence-corrected chi connectivity index (χ1v) is 5.75. The van der Waals surface area contributed by atoms with E-state index in [0.29, 0.717) is 11.6 Å². The Kier molecular flexibility index (Phi) is 3.78. The van der Waals surface area contributed by atoms with E-state index in [1.807, 2.05) is 18.2 Å². The number of rotatable bonds is 4. The summed E-state index contributed by atoms with van der Waals surface area (Å²) in [7, 11) is 1.57. The number of methoxy groups -OCH3 is 1. The molecular formula is C11H12BrN3O2. The van der Waals surface area contributed by atoms with E-state index in [1.54, 1.807) is 19.6 Å². The summed E-state index contributed by atoms with van der Waals surface area (Å²) < 4.78 is 11.4. The molecule has 1 atom stereocenters. The molecule has 0 aliphatic heterocycles. The SMILES string of the molecule is COc1ncccc1C(NN)c1occc1Br. The number of hydrazine groups is 1. The van der Waals surface area contributed by atoms with Crippen molar-refractivity contribution in [1.82, 2.24) is 10.4 Å². The molecule has 90 valence electrons. The maximum atomic E-state index is 5.57. The van der Waals surface area contributed by atoms with E-state index in [9.17, 15) is 0 Å². The van der Waals surface area contributed by atoms with Gasteiger partial charge >= 0.3 is 0 Å². The number of nitrogens with one attached hydrogen (secondary N) is 1. The van der Waals surface area contributed by atoms with Crippen LogP contribution in [-0.2, 0) is 0 Å². The molecule has 2 heterocycles. The number of aromatic nitrogens is 1. The Bertz CT molecular complexity index is 501. The van der Waals surface area contributed by atoms with E-state index >= 15 is 0 Å². The zero-order valence-corrected chi connectivity index (χ0v) is 10.8. The molecule has 0 aliphatic carbocycles. The third-order valence-corrected chi connectivity index (χ3v) is 3.03. The van der Waals surface area contributed by atoms with E-state index in [4.69, 9.17) is 15.0 Å². The zero-order valence-electron chi connectivity index (χ0n) is 9.18. The van der Waals surface area contributed by atoms with Gasteiger partial charge in [-0.2, -0.15) is 0 Å². The van der Waals surface area contributed by atoms with E-state index in [0.717, 1.165) is 10.0 Å². The summed E-state index contributed by atoms with van der Waals surface area (Å²) in [5.74, 6) is 6.77. The highest BCUT2D eigenvalue weighted by Gasteiger charge is 2.22. The van der Waals surface area contributed by atoms with Gasteiger partial charge in [0, 0.05) is 11.8 Å². The fraction of sp³-hybridized carbons (Fsp3) is 0.182. The third-order valence-electron chi connectivity index (χ3n) is 2.38. The average molecular weight is 298 g/mol. The van der Waals surface area contributed by atoms with Crippen molar-refractivity contribution in [2.75, 3.05) is 7.11 Å². The van der Waals surface area contributed by atoms with Crippen LogP contribution in [0, 0.1) is 0 Å². The molecule has 0 fully saturated rings. The maximum Gasteiger partial charge on any atom is 0.218 e. The molecule has 3 N–H and O–H groups in total. The quantitative estimate of drug-likeness (QED) is 0.667. The smallest absolute Gasteiger partial charge is 0.218 e. The summed E-state index contributed by atoms with van der Waals surface area (Å²) in [6.45, 7) is 0. The van der Waals surface area contributed by atoms with Gasteiger partial charge in [-0.3, -0.25) is 5.84 Å². The summed E-state index contributed by atoms with van der Waals surface area (Å²) >= 11 is 3.40. The molecule has 2 rings (SSSR count). The van der Waals surface area contributed by atoms with Gasteiger partial charge in [0.15, 0.2) is 0 Å². The lowest BCUT2D eigenvalue weighted by Crippen LogP contribution is -2.29. The standard InChI is InChI=1S/C11H12BrN3O2/c1-16-11-7(3-2-5-14-11)9(15-13)10-8(12)4-6-17-10/h2-6,9,15H,13H2,1H3.